The van der Waals surface area contributed by atoms with Gasteiger partial charge in [-0.2, -0.15) is 0 Å². The number of benzene rings is 1. The predicted octanol–water partition coefficient (Wildman–Crippen LogP) is -3.74. The van der Waals surface area contributed by atoms with Crippen LogP contribution in [0.5, 0.6) is 0 Å². The van der Waals surface area contributed by atoms with Crippen molar-refractivity contribution in [2.75, 3.05) is 6.54 Å². The molecule has 1 saturated heterocycles. The fourth-order valence-electron chi connectivity index (χ4n) is 2.82. The first kappa shape index (κ1) is 18.7. The predicted molar refractivity (Wildman–Crippen MR) is 75.9 cm³/mol. The number of carbonyl (C=O) groups is 1. The number of likely N-dealkylation sites (tertiary alicyclic amines) is 1. The van der Waals surface area contributed by atoms with Gasteiger partial charge in [0.05, 0.1) is 35.7 Å². The fraction of sp³-hybridized carbons (Fsp3) is 0.400. The number of carbonyl (C=O) groups excluding carboxylic acids is 1. The first-order chi connectivity index (χ1) is 10.5. The van der Waals surface area contributed by atoms with Gasteiger partial charge in [-0.15, -0.1) is 5.10 Å². The van der Waals surface area contributed by atoms with E-state index in [-0.39, 0.29) is 57.8 Å². The van der Waals surface area contributed by atoms with Crippen LogP contribution in [0, 0.1) is 6.92 Å². The Hall–Kier alpha value is -0.614. The summed E-state index contributed by atoms with van der Waals surface area (Å²) in [5.74, 6) is -1.16. The number of aliphatic carboxylic acids is 1. The van der Waals surface area contributed by atoms with Crippen LogP contribution in [0.3, 0.4) is 0 Å². The molecule has 0 spiro atoms. The van der Waals surface area contributed by atoms with Crippen LogP contribution < -0.4 is 56.5 Å². The number of aryl methyl sites for hydroxylation is 1. The van der Waals surface area contributed by atoms with Crippen LogP contribution in [0.4, 0.5) is 0 Å². The van der Waals surface area contributed by atoms with Crippen molar-refractivity contribution < 1.29 is 66.4 Å². The number of para-hydroxylation sites is 1. The second kappa shape index (κ2) is 7.97. The molecule has 2 heterocycles. The van der Waals surface area contributed by atoms with E-state index in [9.17, 15) is 15.0 Å². The van der Waals surface area contributed by atoms with Crippen LogP contribution in [0.2, 0.25) is 0 Å². The maximum absolute atomic E-state index is 11.1. The first-order valence-electron chi connectivity index (χ1n) is 7.15. The van der Waals surface area contributed by atoms with Crippen molar-refractivity contribution >= 4 is 5.97 Å². The summed E-state index contributed by atoms with van der Waals surface area (Å²) >= 11 is 0. The average molecular weight is 340 g/mol. The van der Waals surface area contributed by atoms with E-state index in [1.807, 2.05) is 31.2 Å². The van der Waals surface area contributed by atoms with Crippen molar-refractivity contribution in [3.63, 3.8) is 0 Å². The normalized spacial score (nSPS) is 21.1. The summed E-state index contributed by atoms with van der Waals surface area (Å²) in [6, 6.07) is 7.02. The van der Waals surface area contributed by atoms with Gasteiger partial charge in [-0.25, -0.2) is 4.68 Å². The van der Waals surface area contributed by atoms with E-state index in [0.717, 1.165) is 11.3 Å². The summed E-state index contributed by atoms with van der Waals surface area (Å²) in [6.07, 6.45) is 1.32. The minimum atomic E-state index is -1.16. The molecule has 116 valence electrons. The second-order valence-electron chi connectivity index (χ2n) is 5.59. The largest absolute Gasteiger partial charge is 1.00 e. The third kappa shape index (κ3) is 4.27. The first-order valence-corrected chi connectivity index (χ1v) is 7.15. The van der Waals surface area contributed by atoms with Crippen LogP contribution in [0.15, 0.2) is 30.5 Å². The molecule has 7 nitrogen and oxygen atoms in total. The van der Waals surface area contributed by atoms with Crippen LogP contribution in [-0.4, -0.2) is 49.7 Å². The minimum absolute atomic E-state index is 0. The molecular formula is C15H17KN4O3. The number of carboxylic acids is 1. The molecule has 3 rings (SSSR count). The maximum Gasteiger partial charge on any atom is 1.00 e. The van der Waals surface area contributed by atoms with E-state index in [2.05, 4.69) is 10.3 Å². The van der Waals surface area contributed by atoms with E-state index < -0.39 is 18.1 Å². The summed E-state index contributed by atoms with van der Waals surface area (Å²) in [6.45, 7) is 2.61. The van der Waals surface area contributed by atoms with Crippen LogP contribution >= 0.6 is 0 Å². The summed E-state index contributed by atoms with van der Waals surface area (Å²) in [7, 11) is 0. The quantitative estimate of drug-likeness (QED) is 0.575. The maximum atomic E-state index is 11.1. The number of hydrogen-bond donors (Lipinski definition) is 1. The molecule has 1 aliphatic rings. The van der Waals surface area contributed by atoms with Crippen LogP contribution in [0.25, 0.3) is 5.69 Å². The fourth-order valence-corrected chi connectivity index (χ4v) is 2.82. The van der Waals surface area contributed by atoms with Crippen molar-refractivity contribution in [1.82, 2.24) is 19.9 Å². The molecule has 1 aromatic heterocycles. The molecule has 2 aromatic rings. The van der Waals surface area contributed by atoms with E-state index in [0.29, 0.717) is 18.8 Å². The summed E-state index contributed by atoms with van der Waals surface area (Å²) in [4.78, 5) is 12.8. The Balaban J connectivity index is 0.00000192. The Labute approximate surface area is 176 Å². The molecule has 1 fully saturated rings. The van der Waals surface area contributed by atoms with Gasteiger partial charge in [-0.05, 0) is 25.0 Å². The zero-order valence-corrected chi connectivity index (χ0v) is 16.3. The van der Waals surface area contributed by atoms with Gasteiger partial charge in [-0.3, -0.25) is 4.90 Å². The number of β-amino-alcohol motifs (C(OH)–C–C–N with tert-alkyl or cyclic N) is 1. The molecule has 2 unspecified atom stereocenters. The SMILES string of the molecule is Cc1ccccc1-n1cc(CN2CC(O)CC2C(=O)[O-])nn1.[K+]. The van der Waals surface area contributed by atoms with Crippen molar-refractivity contribution in [3.8, 4) is 5.69 Å². The summed E-state index contributed by atoms with van der Waals surface area (Å²) < 4.78 is 1.67. The molecule has 2 atom stereocenters. The zero-order chi connectivity index (χ0) is 15.7. The molecule has 1 aliphatic heterocycles. The number of aliphatic hydroxyl groups excluding tert-OH is 1. The molecule has 0 amide bonds. The van der Waals surface area contributed by atoms with E-state index in [1.54, 1.807) is 15.8 Å². The summed E-state index contributed by atoms with van der Waals surface area (Å²) in [5, 5.41) is 28.9. The summed E-state index contributed by atoms with van der Waals surface area (Å²) in [5.41, 5.74) is 2.66. The Morgan fingerprint density at radius 1 is 1.43 bits per heavy atom. The van der Waals surface area contributed by atoms with Crippen molar-refractivity contribution in [1.29, 1.82) is 0 Å². The van der Waals surface area contributed by atoms with Gasteiger partial charge in [-0.1, -0.05) is 23.4 Å². The van der Waals surface area contributed by atoms with Gasteiger partial charge in [0.2, 0.25) is 0 Å². The molecule has 0 saturated carbocycles. The van der Waals surface area contributed by atoms with Gasteiger partial charge in [0.15, 0.2) is 0 Å². The third-order valence-corrected chi connectivity index (χ3v) is 3.92. The minimum Gasteiger partial charge on any atom is -0.548 e. The van der Waals surface area contributed by atoms with Gasteiger partial charge < -0.3 is 15.0 Å². The van der Waals surface area contributed by atoms with Gasteiger partial charge in [0, 0.05) is 13.1 Å². The van der Waals surface area contributed by atoms with E-state index in [1.165, 1.54) is 0 Å². The Bertz CT molecular complexity index is 691. The Kier molecular flexibility index (Phi) is 6.49. The molecular weight excluding hydrogens is 323 g/mol. The number of aromatic nitrogens is 3. The molecule has 0 bridgehead atoms. The van der Waals surface area contributed by atoms with Crippen LogP contribution in [-0.2, 0) is 11.3 Å². The Morgan fingerprint density at radius 2 is 2.17 bits per heavy atom. The van der Waals surface area contributed by atoms with E-state index >= 15 is 0 Å². The second-order valence-corrected chi connectivity index (χ2v) is 5.59. The van der Waals surface area contributed by atoms with E-state index in [4.69, 9.17) is 0 Å². The third-order valence-electron chi connectivity index (χ3n) is 3.92. The topological polar surface area (TPSA) is 94.3 Å². The average Bonchev–Trinajstić information content (AvgIpc) is 3.07. The molecule has 1 aromatic carbocycles. The number of carboxylic acid groups (broad SMARTS) is 1. The van der Waals surface area contributed by atoms with Gasteiger partial charge >= 0.3 is 51.4 Å². The van der Waals surface area contributed by atoms with Crippen molar-refractivity contribution in [2.45, 2.75) is 32.0 Å². The number of rotatable bonds is 4. The smallest absolute Gasteiger partial charge is 0.548 e. The Morgan fingerprint density at radius 3 is 2.87 bits per heavy atom. The standard InChI is InChI=1S/C15H18N4O3.K/c1-10-4-2-3-5-13(10)19-8-11(16-17-19)7-18-9-12(20)6-14(18)15(21)22;/h2-5,8,12,14,20H,6-7,9H2,1H3,(H,21,22);/q;+1/p-1. The molecule has 1 N–H and O–H groups in total. The van der Waals surface area contributed by atoms with Crippen molar-refractivity contribution in [2.24, 2.45) is 0 Å². The monoisotopic (exact) mass is 340 g/mol. The van der Waals surface area contributed by atoms with Crippen LogP contribution in [0.1, 0.15) is 17.7 Å². The number of nitrogens with zero attached hydrogens (tertiary/aromatic N) is 4. The van der Waals surface area contributed by atoms with Gasteiger partial charge in [0.25, 0.3) is 0 Å². The number of aliphatic hydroxyl groups is 1. The number of hydrogen-bond acceptors (Lipinski definition) is 6. The van der Waals surface area contributed by atoms with Crippen molar-refractivity contribution in [3.05, 3.63) is 41.7 Å². The zero-order valence-electron chi connectivity index (χ0n) is 13.2. The molecule has 0 aliphatic carbocycles. The molecule has 23 heavy (non-hydrogen) atoms. The molecule has 0 radical (unpaired) electrons. The van der Waals surface area contributed by atoms with Gasteiger partial charge in [0.1, 0.15) is 0 Å². The molecule has 8 heteroatoms.